The molecule has 0 heterocycles. The molecule has 9 heteroatoms. The number of anilines is 1. The zero-order chi connectivity index (χ0) is 26.1. The molecular weight excluding hydrogens is 503 g/mol. The number of carbonyl (C=O) groups is 2. The molecule has 0 fully saturated rings. The van der Waals surface area contributed by atoms with Crippen LogP contribution >= 0.6 is 23.2 Å². The molecule has 3 aromatic carbocycles. The normalized spacial score (nSPS) is 10.8. The first-order chi connectivity index (χ1) is 17.4. The summed E-state index contributed by atoms with van der Waals surface area (Å²) in [6.45, 7) is 2.09. The molecule has 1 amide bonds. The van der Waals surface area contributed by atoms with Crippen molar-refractivity contribution in [2.45, 2.75) is 13.5 Å². The number of hydrogen-bond donors (Lipinski definition) is 1. The van der Waals surface area contributed by atoms with E-state index in [4.69, 9.17) is 37.4 Å². The van der Waals surface area contributed by atoms with Crippen LogP contribution in [0.2, 0.25) is 10.0 Å². The third-order valence-electron chi connectivity index (χ3n) is 4.94. The number of carbonyl (C=O) groups excluding carboxylic acids is 2. The third-order valence-corrected chi connectivity index (χ3v) is 5.52. The SMILES string of the molecule is CCOC(=O)c1ccc(NC(=O)/C(C#N)=C/c2cccc(OC)c2OCc2ccc(Cl)cc2Cl)cc1. The van der Waals surface area contributed by atoms with E-state index in [1.807, 2.05) is 6.07 Å². The largest absolute Gasteiger partial charge is 0.493 e. The lowest BCUT2D eigenvalue weighted by Crippen LogP contribution is -2.14. The van der Waals surface area contributed by atoms with Gasteiger partial charge in [-0.15, -0.1) is 0 Å². The monoisotopic (exact) mass is 524 g/mol. The van der Waals surface area contributed by atoms with Gasteiger partial charge in [0.25, 0.3) is 5.91 Å². The fourth-order valence-corrected chi connectivity index (χ4v) is 3.62. The number of esters is 1. The summed E-state index contributed by atoms with van der Waals surface area (Å²) < 4.78 is 16.3. The van der Waals surface area contributed by atoms with Crippen LogP contribution in [0.3, 0.4) is 0 Å². The van der Waals surface area contributed by atoms with Gasteiger partial charge < -0.3 is 19.5 Å². The molecule has 0 spiro atoms. The first-order valence-electron chi connectivity index (χ1n) is 10.8. The number of amides is 1. The lowest BCUT2D eigenvalue weighted by Gasteiger charge is -2.14. The molecule has 0 aromatic heterocycles. The Morgan fingerprint density at radius 2 is 1.83 bits per heavy atom. The maximum absolute atomic E-state index is 12.8. The summed E-state index contributed by atoms with van der Waals surface area (Å²) >= 11 is 12.2. The maximum atomic E-state index is 12.8. The highest BCUT2D eigenvalue weighted by Crippen LogP contribution is 2.34. The summed E-state index contributed by atoms with van der Waals surface area (Å²) in [5.41, 5.74) is 1.76. The van der Waals surface area contributed by atoms with Gasteiger partial charge in [-0.2, -0.15) is 5.26 Å². The summed E-state index contributed by atoms with van der Waals surface area (Å²) in [6, 6.07) is 18.2. The predicted molar refractivity (Wildman–Crippen MR) is 138 cm³/mol. The zero-order valence-electron chi connectivity index (χ0n) is 19.5. The highest BCUT2D eigenvalue weighted by atomic mass is 35.5. The second-order valence-corrected chi connectivity index (χ2v) is 8.17. The minimum atomic E-state index is -0.629. The molecule has 0 aliphatic carbocycles. The van der Waals surface area contributed by atoms with Crippen LogP contribution in [0.25, 0.3) is 6.08 Å². The molecule has 184 valence electrons. The number of halogens is 2. The van der Waals surface area contributed by atoms with E-state index >= 15 is 0 Å². The second kappa shape index (κ2) is 12.6. The molecule has 0 saturated heterocycles. The minimum Gasteiger partial charge on any atom is -0.493 e. The molecule has 7 nitrogen and oxygen atoms in total. The van der Waals surface area contributed by atoms with E-state index in [9.17, 15) is 14.9 Å². The average molecular weight is 525 g/mol. The van der Waals surface area contributed by atoms with Gasteiger partial charge in [0, 0.05) is 26.9 Å². The second-order valence-electron chi connectivity index (χ2n) is 7.32. The number of ether oxygens (including phenoxy) is 3. The Bertz CT molecular complexity index is 1330. The Hall–Kier alpha value is -3.99. The molecule has 0 aliphatic heterocycles. The fraction of sp³-hybridized carbons (Fsp3) is 0.148. The Morgan fingerprint density at radius 1 is 1.08 bits per heavy atom. The van der Waals surface area contributed by atoms with Crippen LogP contribution in [0.4, 0.5) is 5.69 Å². The molecule has 3 rings (SSSR count). The maximum Gasteiger partial charge on any atom is 0.338 e. The molecule has 0 saturated carbocycles. The van der Waals surface area contributed by atoms with Crippen molar-refractivity contribution < 1.29 is 23.8 Å². The first kappa shape index (κ1) is 26.6. The van der Waals surface area contributed by atoms with E-state index in [0.717, 1.165) is 0 Å². The summed E-state index contributed by atoms with van der Waals surface area (Å²) in [7, 11) is 1.49. The Labute approximate surface area is 218 Å². The fourth-order valence-electron chi connectivity index (χ4n) is 3.16. The number of nitriles is 1. The van der Waals surface area contributed by atoms with Gasteiger partial charge in [0.1, 0.15) is 18.2 Å². The molecule has 3 aromatic rings. The number of nitrogens with one attached hydrogen (secondary N) is 1. The number of benzene rings is 3. The van der Waals surface area contributed by atoms with Crippen molar-refractivity contribution in [2.24, 2.45) is 0 Å². The van der Waals surface area contributed by atoms with E-state index in [0.29, 0.717) is 43.9 Å². The highest BCUT2D eigenvalue weighted by Gasteiger charge is 2.15. The van der Waals surface area contributed by atoms with Crippen LogP contribution in [-0.2, 0) is 16.1 Å². The number of methoxy groups -OCH3 is 1. The van der Waals surface area contributed by atoms with Gasteiger partial charge in [-0.3, -0.25) is 4.79 Å². The quantitative estimate of drug-likeness (QED) is 0.200. The van der Waals surface area contributed by atoms with Gasteiger partial charge in [0.2, 0.25) is 0 Å². The van der Waals surface area contributed by atoms with Crippen LogP contribution in [0.15, 0.2) is 66.2 Å². The topological polar surface area (TPSA) is 97.7 Å². The van der Waals surface area contributed by atoms with Crippen molar-refractivity contribution in [1.29, 1.82) is 5.26 Å². The van der Waals surface area contributed by atoms with E-state index in [1.165, 1.54) is 25.3 Å². The van der Waals surface area contributed by atoms with E-state index in [1.54, 1.807) is 55.5 Å². The standard InChI is InChI=1S/C27H22Cl2N2O5/c1-3-35-27(33)17-8-11-22(12-9-17)31-26(32)20(15-30)13-18-5-4-6-24(34-2)25(18)36-16-19-7-10-21(28)14-23(19)29/h4-14H,3,16H2,1-2H3,(H,31,32)/b20-13+. The van der Waals surface area contributed by atoms with Crippen LogP contribution < -0.4 is 14.8 Å². The van der Waals surface area contributed by atoms with Crippen LogP contribution in [0, 0.1) is 11.3 Å². The third kappa shape index (κ3) is 6.79. The van der Waals surface area contributed by atoms with Crippen molar-refractivity contribution >= 4 is 46.8 Å². The molecular formula is C27H22Cl2N2O5. The number of rotatable bonds is 9. The first-order valence-corrected chi connectivity index (χ1v) is 11.6. The smallest absolute Gasteiger partial charge is 0.338 e. The molecule has 36 heavy (non-hydrogen) atoms. The van der Waals surface area contributed by atoms with Crippen molar-refractivity contribution in [3.63, 3.8) is 0 Å². The van der Waals surface area contributed by atoms with Gasteiger partial charge in [-0.05, 0) is 55.5 Å². The van der Waals surface area contributed by atoms with Crippen LogP contribution in [0.1, 0.15) is 28.4 Å². The zero-order valence-corrected chi connectivity index (χ0v) is 21.0. The minimum absolute atomic E-state index is 0.109. The van der Waals surface area contributed by atoms with Crippen LogP contribution in [-0.4, -0.2) is 25.6 Å². The molecule has 0 radical (unpaired) electrons. The lowest BCUT2D eigenvalue weighted by atomic mass is 10.1. The van der Waals surface area contributed by atoms with Gasteiger partial charge >= 0.3 is 5.97 Å². The lowest BCUT2D eigenvalue weighted by molar-refractivity contribution is -0.112. The number of nitrogens with zero attached hydrogens (tertiary/aromatic N) is 1. The van der Waals surface area contributed by atoms with Crippen molar-refractivity contribution in [2.75, 3.05) is 19.0 Å². The van der Waals surface area contributed by atoms with Gasteiger partial charge in [-0.25, -0.2) is 4.79 Å². The van der Waals surface area contributed by atoms with Gasteiger partial charge in [-0.1, -0.05) is 41.4 Å². The average Bonchev–Trinajstić information content (AvgIpc) is 2.87. The Morgan fingerprint density at radius 3 is 2.47 bits per heavy atom. The van der Waals surface area contributed by atoms with Crippen molar-refractivity contribution in [1.82, 2.24) is 0 Å². The van der Waals surface area contributed by atoms with Gasteiger partial charge in [0.05, 0.1) is 19.3 Å². The highest BCUT2D eigenvalue weighted by molar-refractivity contribution is 6.35. The number of para-hydroxylation sites is 1. The molecule has 0 aliphatic rings. The van der Waals surface area contributed by atoms with Crippen LogP contribution in [0.5, 0.6) is 11.5 Å². The predicted octanol–water partition coefficient (Wildman–Crippen LogP) is 6.30. The van der Waals surface area contributed by atoms with Gasteiger partial charge in [0.15, 0.2) is 11.5 Å². The number of hydrogen-bond acceptors (Lipinski definition) is 6. The summed E-state index contributed by atoms with van der Waals surface area (Å²) in [6.07, 6.45) is 1.41. The molecule has 1 N–H and O–H groups in total. The molecule has 0 atom stereocenters. The molecule has 0 bridgehead atoms. The van der Waals surface area contributed by atoms with Crippen molar-refractivity contribution in [3.8, 4) is 17.6 Å². The van der Waals surface area contributed by atoms with E-state index in [-0.39, 0.29) is 18.8 Å². The Balaban J connectivity index is 1.82. The summed E-state index contributed by atoms with van der Waals surface area (Å²) in [5, 5.41) is 13.3. The van der Waals surface area contributed by atoms with Crippen molar-refractivity contribution in [3.05, 3.63) is 93.0 Å². The van der Waals surface area contributed by atoms with E-state index < -0.39 is 11.9 Å². The van der Waals surface area contributed by atoms with E-state index in [2.05, 4.69) is 5.32 Å². The summed E-state index contributed by atoms with van der Waals surface area (Å²) in [4.78, 5) is 24.6. The summed E-state index contributed by atoms with van der Waals surface area (Å²) in [5.74, 6) is -0.333. The molecule has 0 unspecified atom stereocenters. The Kier molecular flexibility index (Phi) is 9.34.